The number of hydrogen-bond acceptors (Lipinski definition) is 4. The molecular formula is C22H26N2O4. The van der Waals surface area contributed by atoms with Crippen LogP contribution in [-0.4, -0.2) is 29.9 Å². The Hall–Kier alpha value is -3.15. The minimum atomic E-state index is -0.901. The average molecular weight is 382 g/mol. The first-order valence-corrected chi connectivity index (χ1v) is 9.28. The number of carbonyl (C=O) groups excluding carboxylic acids is 3. The summed E-state index contributed by atoms with van der Waals surface area (Å²) in [6, 6.07) is 16.3. The van der Waals surface area contributed by atoms with E-state index in [1.807, 2.05) is 25.1 Å². The molecule has 0 aliphatic carbocycles. The van der Waals surface area contributed by atoms with Gasteiger partial charge in [-0.1, -0.05) is 30.3 Å². The molecule has 0 spiro atoms. The van der Waals surface area contributed by atoms with Crippen molar-refractivity contribution in [3.63, 3.8) is 0 Å². The third kappa shape index (κ3) is 6.87. The van der Waals surface area contributed by atoms with Gasteiger partial charge in [-0.25, -0.2) is 4.79 Å². The molecule has 0 aliphatic rings. The number of benzene rings is 2. The van der Waals surface area contributed by atoms with Gasteiger partial charge in [0.15, 0.2) is 6.10 Å². The van der Waals surface area contributed by atoms with Crippen LogP contribution in [-0.2, 0) is 20.7 Å². The number of ether oxygens (including phenoxy) is 1. The number of amides is 2. The van der Waals surface area contributed by atoms with E-state index in [4.69, 9.17) is 4.74 Å². The zero-order valence-electron chi connectivity index (χ0n) is 16.4. The van der Waals surface area contributed by atoms with Gasteiger partial charge in [-0.2, -0.15) is 0 Å². The molecule has 0 saturated heterocycles. The van der Waals surface area contributed by atoms with Gasteiger partial charge in [0.25, 0.3) is 5.91 Å². The molecule has 2 N–H and O–H groups in total. The second-order valence-corrected chi connectivity index (χ2v) is 6.74. The third-order valence-electron chi connectivity index (χ3n) is 4.19. The van der Waals surface area contributed by atoms with Gasteiger partial charge in [0.05, 0.1) is 5.56 Å². The van der Waals surface area contributed by atoms with Crippen LogP contribution in [0.5, 0.6) is 0 Å². The highest BCUT2D eigenvalue weighted by Gasteiger charge is 2.20. The lowest BCUT2D eigenvalue weighted by molar-refractivity contribution is -0.129. The highest BCUT2D eigenvalue weighted by Crippen LogP contribution is 2.12. The maximum Gasteiger partial charge on any atom is 0.338 e. The summed E-state index contributed by atoms with van der Waals surface area (Å²) in [6.07, 6.45) is 0.750. The summed E-state index contributed by atoms with van der Waals surface area (Å²) in [5.41, 5.74) is 2.11. The van der Waals surface area contributed by atoms with E-state index in [1.165, 1.54) is 12.5 Å². The summed E-state index contributed by atoms with van der Waals surface area (Å²) < 4.78 is 5.24. The fraction of sp³-hybridized carbons (Fsp3) is 0.318. The highest BCUT2D eigenvalue weighted by atomic mass is 16.5. The lowest BCUT2D eigenvalue weighted by Crippen LogP contribution is -2.41. The summed E-state index contributed by atoms with van der Waals surface area (Å²) >= 11 is 0. The van der Waals surface area contributed by atoms with Crippen LogP contribution in [0.1, 0.15) is 43.1 Å². The van der Waals surface area contributed by atoms with Crippen molar-refractivity contribution in [1.29, 1.82) is 0 Å². The van der Waals surface area contributed by atoms with Gasteiger partial charge in [0, 0.05) is 18.7 Å². The number of aryl methyl sites for hydroxylation is 1. The van der Waals surface area contributed by atoms with E-state index < -0.39 is 12.1 Å². The van der Waals surface area contributed by atoms with Gasteiger partial charge in [0.2, 0.25) is 5.91 Å². The molecule has 6 heteroatoms. The van der Waals surface area contributed by atoms with Gasteiger partial charge in [-0.05, 0) is 56.5 Å². The molecule has 0 fully saturated rings. The maximum absolute atomic E-state index is 12.3. The van der Waals surface area contributed by atoms with Crippen molar-refractivity contribution in [3.05, 3.63) is 65.7 Å². The van der Waals surface area contributed by atoms with Crippen molar-refractivity contribution in [2.45, 2.75) is 45.8 Å². The van der Waals surface area contributed by atoms with E-state index in [1.54, 1.807) is 31.2 Å². The van der Waals surface area contributed by atoms with Gasteiger partial charge in [0.1, 0.15) is 0 Å². The zero-order valence-corrected chi connectivity index (χ0v) is 16.4. The predicted octanol–water partition coefficient (Wildman–Crippen LogP) is 3.33. The summed E-state index contributed by atoms with van der Waals surface area (Å²) in [5.74, 6) is -1.11. The van der Waals surface area contributed by atoms with E-state index >= 15 is 0 Å². The minimum absolute atomic E-state index is 0.0363. The van der Waals surface area contributed by atoms with Crippen molar-refractivity contribution in [1.82, 2.24) is 5.32 Å². The van der Waals surface area contributed by atoms with Crippen molar-refractivity contribution >= 4 is 23.5 Å². The Morgan fingerprint density at radius 3 is 2.21 bits per heavy atom. The van der Waals surface area contributed by atoms with Gasteiger partial charge in [-0.15, -0.1) is 0 Å². The Labute approximate surface area is 165 Å². The van der Waals surface area contributed by atoms with E-state index in [0.717, 1.165) is 12.8 Å². The van der Waals surface area contributed by atoms with Crippen LogP contribution in [0.15, 0.2) is 54.6 Å². The molecule has 28 heavy (non-hydrogen) atoms. The fourth-order valence-electron chi connectivity index (χ4n) is 2.64. The van der Waals surface area contributed by atoms with E-state index in [9.17, 15) is 14.4 Å². The van der Waals surface area contributed by atoms with Crippen LogP contribution in [0.2, 0.25) is 0 Å². The van der Waals surface area contributed by atoms with Crippen LogP contribution in [0.4, 0.5) is 5.69 Å². The second-order valence-electron chi connectivity index (χ2n) is 6.74. The molecule has 0 saturated carbocycles. The maximum atomic E-state index is 12.3. The largest absolute Gasteiger partial charge is 0.449 e. The van der Waals surface area contributed by atoms with Gasteiger partial charge >= 0.3 is 5.97 Å². The van der Waals surface area contributed by atoms with Gasteiger partial charge in [-0.3, -0.25) is 9.59 Å². The van der Waals surface area contributed by atoms with E-state index in [0.29, 0.717) is 11.3 Å². The van der Waals surface area contributed by atoms with Crippen LogP contribution in [0.25, 0.3) is 0 Å². The number of esters is 1. The first-order chi connectivity index (χ1) is 13.3. The Morgan fingerprint density at radius 1 is 0.964 bits per heavy atom. The summed E-state index contributed by atoms with van der Waals surface area (Å²) in [7, 11) is 0. The molecular weight excluding hydrogens is 356 g/mol. The number of anilines is 1. The molecule has 148 valence electrons. The second kappa shape index (κ2) is 10.3. The molecule has 2 rings (SSSR count). The van der Waals surface area contributed by atoms with E-state index in [2.05, 4.69) is 22.8 Å². The Bertz CT molecular complexity index is 803. The van der Waals surface area contributed by atoms with Crippen LogP contribution >= 0.6 is 0 Å². The summed E-state index contributed by atoms with van der Waals surface area (Å²) in [4.78, 5) is 35.5. The van der Waals surface area contributed by atoms with Crippen LogP contribution < -0.4 is 10.6 Å². The van der Waals surface area contributed by atoms with Crippen molar-refractivity contribution in [3.8, 4) is 0 Å². The fourth-order valence-corrected chi connectivity index (χ4v) is 2.64. The molecule has 2 amide bonds. The number of rotatable bonds is 8. The molecule has 6 nitrogen and oxygen atoms in total. The third-order valence-corrected chi connectivity index (χ3v) is 4.19. The number of nitrogens with one attached hydrogen (secondary N) is 2. The zero-order chi connectivity index (χ0) is 20.5. The molecule has 0 aliphatic heterocycles. The smallest absolute Gasteiger partial charge is 0.338 e. The monoisotopic (exact) mass is 382 g/mol. The standard InChI is InChI=1S/C22H26N2O4/c1-15(9-10-18-7-5-4-6-8-18)23-21(26)16(2)28-22(27)19-11-13-20(14-12-19)24-17(3)25/h4-8,11-16H,9-10H2,1-3H3,(H,23,26)(H,24,25)/t15-,16+/m1/s1. The SMILES string of the molecule is CC(=O)Nc1ccc(C(=O)O[C@@H](C)C(=O)N[C@H](C)CCc2ccccc2)cc1. The minimum Gasteiger partial charge on any atom is -0.449 e. The molecule has 2 aromatic carbocycles. The van der Waals surface area contributed by atoms with Crippen molar-refractivity contribution < 1.29 is 19.1 Å². The predicted molar refractivity (Wildman–Crippen MR) is 108 cm³/mol. The summed E-state index contributed by atoms with van der Waals surface area (Å²) in [5, 5.41) is 5.49. The first-order valence-electron chi connectivity index (χ1n) is 9.28. The Balaban J connectivity index is 1.80. The molecule has 0 radical (unpaired) electrons. The van der Waals surface area contributed by atoms with Crippen molar-refractivity contribution in [2.24, 2.45) is 0 Å². The van der Waals surface area contributed by atoms with E-state index in [-0.39, 0.29) is 17.9 Å². The molecule has 0 unspecified atom stereocenters. The Morgan fingerprint density at radius 2 is 1.61 bits per heavy atom. The molecule has 0 bridgehead atoms. The topological polar surface area (TPSA) is 84.5 Å². The molecule has 0 aromatic heterocycles. The highest BCUT2D eigenvalue weighted by molar-refractivity contribution is 5.93. The Kier molecular flexibility index (Phi) is 7.75. The van der Waals surface area contributed by atoms with Gasteiger partial charge < -0.3 is 15.4 Å². The lowest BCUT2D eigenvalue weighted by Gasteiger charge is -2.18. The van der Waals surface area contributed by atoms with Crippen LogP contribution in [0, 0.1) is 0 Å². The molecule has 2 atom stereocenters. The average Bonchev–Trinajstić information content (AvgIpc) is 2.67. The number of carbonyl (C=O) groups is 3. The lowest BCUT2D eigenvalue weighted by atomic mass is 10.1. The first kappa shape index (κ1) is 21.2. The van der Waals surface area contributed by atoms with Crippen molar-refractivity contribution in [2.75, 3.05) is 5.32 Å². The molecule has 2 aromatic rings. The molecule has 0 heterocycles. The summed E-state index contributed by atoms with van der Waals surface area (Å²) in [6.45, 7) is 4.88. The van der Waals surface area contributed by atoms with Crippen LogP contribution in [0.3, 0.4) is 0 Å². The normalized spacial score (nSPS) is 12.5. The quantitative estimate of drug-likeness (QED) is 0.686. The number of hydrogen-bond donors (Lipinski definition) is 2.